The first-order valence-corrected chi connectivity index (χ1v) is 5.53. The number of hydrogen-bond acceptors (Lipinski definition) is 2. The molecule has 0 unspecified atom stereocenters. The van der Waals surface area contributed by atoms with Gasteiger partial charge < -0.3 is 9.47 Å². The summed E-state index contributed by atoms with van der Waals surface area (Å²) in [5, 5.41) is 0. The normalized spacial score (nSPS) is 10.1. The summed E-state index contributed by atoms with van der Waals surface area (Å²) in [6.45, 7) is 2.08. The number of benzene rings is 2. The molecule has 0 atom stereocenters. The average molecular weight is 228 g/mol. The van der Waals surface area contributed by atoms with Gasteiger partial charge in [-0.2, -0.15) is 0 Å². The Morgan fingerprint density at radius 1 is 0.882 bits per heavy atom. The SMILES string of the molecule is COc1ccc(-c2cccc(C)c2)c(OC)c1. The standard InChI is InChI=1S/C15H16O2/c1-11-5-4-6-12(9-11)14-8-7-13(16-2)10-15(14)17-3/h4-10H,1-3H3. The zero-order valence-corrected chi connectivity index (χ0v) is 10.4. The molecule has 2 aromatic carbocycles. The Hall–Kier alpha value is -1.96. The fraction of sp³-hybridized carbons (Fsp3) is 0.200. The van der Waals surface area contributed by atoms with Crippen molar-refractivity contribution in [2.24, 2.45) is 0 Å². The molecule has 2 heteroatoms. The molecule has 2 aromatic rings. The second-order valence-electron chi connectivity index (χ2n) is 3.94. The van der Waals surface area contributed by atoms with Crippen LogP contribution in [-0.2, 0) is 0 Å². The molecule has 0 aromatic heterocycles. The van der Waals surface area contributed by atoms with Crippen molar-refractivity contribution in [3.63, 3.8) is 0 Å². The lowest BCUT2D eigenvalue weighted by Crippen LogP contribution is -1.90. The summed E-state index contributed by atoms with van der Waals surface area (Å²) in [4.78, 5) is 0. The topological polar surface area (TPSA) is 18.5 Å². The van der Waals surface area contributed by atoms with E-state index in [2.05, 4.69) is 25.1 Å². The van der Waals surface area contributed by atoms with Crippen LogP contribution in [0.1, 0.15) is 5.56 Å². The molecule has 0 N–H and O–H groups in total. The summed E-state index contributed by atoms with van der Waals surface area (Å²) in [6, 6.07) is 14.2. The fourth-order valence-electron chi connectivity index (χ4n) is 1.85. The van der Waals surface area contributed by atoms with E-state index in [-0.39, 0.29) is 0 Å². The van der Waals surface area contributed by atoms with E-state index in [1.165, 1.54) is 5.56 Å². The molecule has 0 bridgehead atoms. The van der Waals surface area contributed by atoms with E-state index in [1.54, 1.807) is 14.2 Å². The lowest BCUT2D eigenvalue weighted by Gasteiger charge is -2.11. The molecule has 0 aliphatic heterocycles. The van der Waals surface area contributed by atoms with E-state index in [0.717, 1.165) is 22.6 Å². The van der Waals surface area contributed by atoms with Gasteiger partial charge in [0.2, 0.25) is 0 Å². The van der Waals surface area contributed by atoms with Crippen LogP contribution in [0.4, 0.5) is 0 Å². The Bertz CT molecular complexity index is 518. The Morgan fingerprint density at radius 3 is 2.35 bits per heavy atom. The van der Waals surface area contributed by atoms with Gasteiger partial charge in [-0.25, -0.2) is 0 Å². The zero-order chi connectivity index (χ0) is 12.3. The van der Waals surface area contributed by atoms with E-state index >= 15 is 0 Å². The van der Waals surface area contributed by atoms with E-state index in [9.17, 15) is 0 Å². The smallest absolute Gasteiger partial charge is 0.130 e. The van der Waals surface area contributed by atoms with Crippen molar-refractivity contribution in [1.29, 1.82) is 0 Å². The summed E-state index contributed by atoms with van der Waals surface area (Å²) >= 11 is 0. The first-order valence-electron chi connectivity index (χ1n) is 5.53. The Morgan fingerprint density at radius 2 is 1.71 bits per heavy atom. The molecule has 0 saturated heterocycles. The molecule has 0 radical (unpaired) electrons. The van der Waals surface area contributed by atoms with Gasteiger partial charge in [0.1, 0.15) is 11.5 Å². The van der Waals surface area contributed by atoms with Crippen molar-refractivity contribution >= 4 is 0 Å². The molecule has 2 nitrogen and oxygen atoms in total. The number of rotatable bonds is 3. The lowest BCUT2D eigenvalue weighted by atomic mass is 10.0. The number of methoxy groups -OCH3 is 2. The Balaban J connectivity index is 2.51. The first kappa shape index (κ1) is 11.5. The minimum atomic E-state index is 0.804. The maximum Gasteiger partial charge on any atom is 0.130 e. The molecule has 0 aliphatic rings. The van der Waals surface area contributed by atoms with Crippen molar-refractivity contribution in [2.45, 2.75) is 6.92 Å². The molecule has 17 heavy (non-hydrogen) atoms. The van der Waals surface area contributed by atoms with Crippen LogP contribution in [0.5, 0.6) is 11.5 Å². The van der Waals surface area contributed by atoms with Crippen LogP contribution in [0.2, 0.25) is 0 Å². The third kappa shape index (κ3) is 2.41. The molecule has 88 valence electrons. The molecule has 0 spiro atoms. The second-order valence-corrected chi connectivity index (χ2v) is 3.94. The third-order valence-corrected chi connectivity index (χ3v) is 2.74. The third-order valence-electron chi connectivity index (χ3n) is 2.74. The fourth-order valence-corrected chi connectivity index (χ4v) is 1.85. The molecule has 0 heterocycles. The van der Waals surface area contributed by atoms with Crippen LogP contribution in [0.15, 0.2) is 42.5 Å². The number of hydrogen-bond donors (Lipinski definition) is 0. The predicted octanol–water partition coefficient (Wildman–Crippen LogP) is 3.68. The predicted molar refractivity (Wildman–Crippen MR) is 69.7 cm³/mol. The largest absolute Gasteiger partial charge is 0.497 e. The summed E-state index contributed by atoms with van der Waals surface area (Å²) in [7, 11) is 3.33. The highest BCUT2D eigenvalue weighted by Crippen LogP contribution is 2.33. The van der Waals surface area contributed by atoms with Crippen molar-refractivity contribution < 1.29 is 9.47 Å². The van der Waals surface area contributed by atoms with Crippen molar-refractivity contribution in [1.82, 2.24) is 0 Å². The van der Waals surface area contributed by atoms with Gasteiger partial charge in [-0.05, 0) is 24.6 Å². The molecule has 0 aliphatic carbocycles. The molecule has 0 fully saturated rings. The minimum absolute atomic E-state index is 0.804. The van der Waals surface area contributed by atoms with Gasteiger partial charge in [0.15, 0.2) is 0 Å². The van der Waals surface area contributed by atoms with Crippen molar-refractivity contribution in [3.05, 3.63) is 48.0 Å². The maximum absolute atomic E-state index is 5.40. The van der Waals surface area contributed by atoms with Gasteiger partial charge in [0.05, 0.1) is 14.2 Å². The summed E-state index contributed by atoms with van der Waals surface area (Å²) in [6.07, 6.45) is 0. The Labute approximate surface area is 102 Å². The van der Waals surface area contributed by atoms with Gasteiger partial charge in [-0.15, -0.1) is 0 Å². The van der Waals surface area contributed by atoms with Gasteiger partial charge in [0.25, 0.3) is 0 Å². The highest BCUT2D eigenvalue weighted by Gasteiger charge is 2.07. The van der Waals surface area contributed by atoms with Crippen LogP contribution >= 0.6 is 0 Å². The highest BCUT2D eigenvalue weighted by atomic mass is 16.5. The van der Waals surface area contributed by atoms with E-state index in [4.69, 9.17) is 9.47 Å². The Kier molecular flexibility index (Phi) is 3.33. The van der Waals surface area contributed by atoms with Gasteiger partial charge in [-0.1, -0.05) is 29.8 Å². The molecule has 0 amide bonds. The summed E-state index contributed by atoms with van der Waals surface area (Å²) in [5.74, 6) is 1.63. The lowest BCUT2D eigenvalue weighted by molar-refractivity contribution is 0.395. The summed E-state index contributed by atoms with van der Waals surface area (Å²) < 4.78 is 10.6. The molecule has 2 rings (SSSR count). The molecule has 0 saturated carbocycles. The first-order chi connectivity index (χ1) is 8.24. The quantitative estimate of drug-likeness (QED) is 0.797. The van der Waals surface area contributed by atoms with Crippen LogP contribution in [0.3, 0.4) is 0 Å². The van der Waals surface area contributed by atoms with Gasteiger partial charge >= 0.3 is 0 Å². The molecular formula is C15H16O2. The van der Waals surface area contributed by atoms with E-state index < -0.39 is 0 Å². The zero-order valence-electron chi connectivity index (χ0n) is 10.4. The van der Waals surface area contributed by atoms with Crippen LogP contribution in [-0.4, -0.2) is 14.2 Å². The second kappa shape index (κ2) is 4.91. The average Bonchev–Trinajstić information content (AvgIpc) is 2.38. The van der Waals surface area contributed by atoms with E-state index in [0.29, 0.717) is 0 Å². The van der Waals surface area contributed by atoms with Crippen LogP contribution in [0, 0.1) is 6.92 Å². The van der Waals surface area contributed by atoms with Crippen molar-refractivity contribution in [3.8, 4) is 22.6 Å². The number of ether oxygens (including phenoxy) is 2. The van der Waals surface area contributed by atoms with Crippen LogP contribution in [0.25, 0.3) is 11.1 Å². The van der Waals surface area contributed by atoms with Crippen molar-refractivity contribution in [2.75, 3.05) is 14.2 Å². The van der Waals surface area contributed by atoms with Gasteiger partial charge in [-0.3, -0.25) is 0 Å². The highest BCUT2D eigenvalue weighted by molar-refractivity contribution is 5.72. The monoisotopic (exact) mass is 228 g/mol. The maximum atomic E-state index is 5.40. The minimum Gasteiger partial charge on any atom is -0.497 e. The summed E-state index contributed by atoms with van der Waals surface area (Å²) in [5.41, 5.74) is 3.47. The van der Waals surface area contributed by atoms with Crippen LogP contribution < -0.4 is 9.47 Å². The molecular weight excluding hydrogens is 212 g/mol. The van der Waals surface area contributed by atoms with Gasteiger partial charge in [0, 0.05) is 11.6 Å². The van der Waals surface area contributed by atoms with E-state index in [1.807, 2.05) is 24.3 Å². The number of aryl methyl sites for hydroxylation is 1.